The lowest BCUT2D eigenvalue weighted by Crippen LogP contribution is -2.65. The third-order valence-corrected chi connectivity index (χ3v) is 11.2. The second-order valence-electron chi connectivity index (χ2n) is 10.4. The van der Waals surface area contributed by atoms with Gasteiger partial charge in [-0.3, -0.25) is 4.79 Å². The number of hydrogen-bond acceptors (Lipinski definition) is 5. The molecule has 0 N–H and O–H groups in total. The van der Waals surface area contributed by atoms with E-state index in [0.717, 1.165) is 0 Å². The van der Waals surface area contributed by atoms with Crippen LogP contribution < -0.4 is 0 Å². The van der Waals surface area contributed by atoms with Gasteiger partial charge in [0.1, 0.15) is 5.70 Å². The van der Waals surface area contributed by atoms with E-state index in [1.54, 1.807) is 4.90 Å². The summed E-state index contributed by atoms with van der Waals surface area (Å²) in [5.41, 5.74) is 9.70. The summed E-state index contributed by atoms with van der Waals surface area (Å²) < 4.78 is 11.9. The van der Waals surface area contributed by atoms with Gasteiger partial charge in [0, 0.05) is 17.4 Å². The highest BCUT2D eigenvalue weighted by Crippen LogP contribution is 2.49. The molecule has 1 unspecified atom stereocenters. The Hall–Kier alpha value is -1.83. The molecule has 168 valence electrons. The van der Waals surface area contributed by atoms with Crippen LogP contribution in [0.3, 0.4) is 0 Å². The Labute approximate surface area is 180 Å². The maximum absolute atomic E-state index is 13.2. The molecule has 1 saturated heterocycles. The molecule has 0 aromatic rings. The Bertz CT molecular complexity index is 780. The van der Waals surface area contributed by atoms with Crippen molar-refractivity contribution in [3.8, 4) is 0 Å². The van der Waals surface area contributed by atoms with Gasteiger partial charge in [-0.25, -0.2) is 4.79 Å². The molecule has 8 nitrogen and oxygen atoms in total. The van der Waals surface area contributed by atoms with E-state index >= 15 is 0 Å². The van der Waals surface area contributed by atoms with Crippen LogP contribution in [0.15, 0.2) is 16.4 Å². The molecule has 0 spiro atoms. The number of azide groups is 1. The molecule has 0 aliphatic carbocycles. The van der Waals surface area contributed by atoms with Crippen molar-refractivity contribution in [2.75, 3.05) is 13.2 Å². The third kappa shape index (κ3) is 4.43. The first kappa shape index (κ1) is 24.4. The third-order valence-electron chi connectivity index (χ3n) is 6.63. The standard InChI is InChI=1S/C21H36N4O4Si/c1-12(2)11-28-20(27)18-15(10-23-24-22)13(3)17-16(19(26)25(17)18)14(4)29-30(8,9)21(5,6)7/h12-14,16-17H,10-11H2,1-9H3/t13-,14+,16+,17?/m0/s1. The van der Waals surface area contributed by atoms with Crippen molar-refractivity contribution < 1.29 is 18.8 Å². The van der Waals surface area contributed by atoms with Gasteiger partial charge in [-0.1, -0.05) is 46.7 Å². The summed E-state index contributed by atoms with van der Waals surface area (Å²) in [5.74, 6) is -0.894. The quantitative estimate of drug-likeness (QED) is 0.138. The molecule has 30 heavy (non-hydrogen) atoms. The number of amides is 1. The predicted octanol–water partition coefficient (Wildman–Crippen LogP) is 4.64. The SMILES string of the molecule is CC(C)COC(=O)C1=C(CN=[N+]=[N-])[C@H](C)C2[C@@H]([C@@H](C)O[Si](C)(C)C(C)(C)C)C(=O)N12. The summed E-state index contributed by atoms with van der Waals surface area (Å²) in [6.45, 7) is 19.0. The van der Waals surface area contributed by atoms with E-state index in [2.05, 4.69) is 43.9 Å². The molecule has 2 aliphatic rings. The monoisotopic (exact) mass is 436 g/mol. The van der Waals surface area contributed by atoms with Gasteiger partial charge in [-0.15, -0.1) is 0 Å². The molecular weight excluding hydrogens is 400 g/mol. The minimum atomic E-state index is -2.05. The van der Waals surface area contributed by atoms with Gasteiger partial charge in [0.05, 0.1) is 24.7 Å². The van der Waals surface area contributed by atoms with Crippen molar-refractivity contribution in [2.45, 2.75) is 78.7 Å². The minimum absolute atomic E-state index is 0.0335. The van der Waals surface area contributed by atoms with Crippen LogP contribution in [0.4, 0.5) is 0 Å². The largest absolute Gasteiger partial charge is 0.461 e. The fourth-order valence-corrected chi connectivity index (χ4v) is 5.39. The van der Waals surface area contributed by atoms with Crippen molar-refractivity contribution in [1.29, 1.82) is 0 Å². The minimum Gasteiger partial charge on any atom is -0.461 e. The molecule has 0 saturated carbocycles. The Morgan fingerprint density at radius 1 is 1.30 bits per heavy atom. The predicted molar refractivity (Wildman–Crippen MR) is 118 cm³/mol. The van der Waals surface area contributed by atoms with E-state index in [-0.39, 0.29) is 59.7 Å². The smallest absolute Gasteiger partial charge is 0.355 e. The number of carbonyl (C=O) groups excluding carboxylic acids is 2. The van der Waals surface area contributed by atoms with Crippen LogP contribution in [0.1, 0.15) is 48.5 Å². The zero-order valence-corrected chi connectivity index (χ0v) is 20.7. The van der Waals surface area contributed by atoms with E-state index in [9.17, 15) is 9.59 Å². The number of fused-ring (bicyclic) bond motifs is 1. The van der Waals surface area contributed by atoms with E-state index in [1.165, 1.54) is 0 Å². The van der Waals surface area contributed by atoms with Crippen molar-refractivity contribution in [3.05, 3.63) is 21.7 Å². The molecule has 0 aromatic heterocycles. The van der Waals surface area contributed by atoms with Gasteiger partial charge in [0.25, 0.3) is 0 Å². The number of ether oxygens (including phenoxy) is 1. The molecule has 2 aliphatic heterocycles. The Balaban J connectivity index is 2.29. The molecule has 2 heterocycles. The number of esters is 1. The average molecular weight is 437 g/mol. The summed E-state index contributed by atoms with van der Waals surface area (Å²) >= 11 is 0. The Kier molecular flexibility index (Phi) is 7.11. The lowest BCUT2D eigenvalue weighted by atomic mass is 9.78. The van der Waals surface area contributed by atoms with Crippen LogP contribution in [0.5, 0.6) is 0 Å². The maximum atomic E-state index is 13.2. The second-order valence-corrected chi connectivity index (χ2v) is 15.1. The first-order valence-corrected chi connectivity index (χ1v) is 13.6. The number of hydrogen-bond donors (Lipinski definition) is 0. The molecule has 0 bridgehead atoms. The van der Waals surface area contributed by atoms with Gasteiger partial charge in [0.2, 0.25) is 5.91 Å². The van der Waals surface area contributed by atoms with E-state index in [1.807, 2.05) is 27.7 Å². The van der Waals surface area contributed by atoms with Gasteiger partial charge >= 0.3 is 5.97 Å². The number of rotatable bonds is 8. The van der Waals surface area contributed by atoms with Gasteiger partial charge < -0.3 is 14.1 Å². The highest BCUT2D eigenvalue weighted by molar-refractivity contribution is 6.74. The highest BCUT2D eigenvalue weighted by Gasteiger charge is 2.60. The Morgan fingerprint density at radius 2 is 1.90 bits per heavy atom. The average Bonchev–Trinajstić information content (AvgIpc) is 2.85. The van der Waals surface area contributed by atoms with Crippen LogP contribution in [0, 0.1) is 17.8 Å². The number of carbonyl (C=O) groups is 2. The lowest BCUT2D eigenvalue weighted by molar-refractivity contribution is -0.163. The van der Waals surface area contributed by atoms with E-state index < -0.39 is 14.3 Å². The zero-order chi connectivity index (χ0) is 23.0. The van der Waals surface area contributed by atoms with Crippen molar-refractivity contribution in [3.63, 3.8) is 0 Å². The first-order valence-electron chi connectivity index (χ1n) is 10.7. The topological polar surface area (TPSA) is 105 Å². The van der Waals surface area contributed by atoms with Gasteiger partial charge in [-0.05, 0) is 42.1 Å². The van der Waals surface area contributed by atoms with Gasteiger partial charge in [-0.2, -0.15) is 0 Å². The summed E-state index contributed by atoms with van der Waals surface area (Å²) in [7, 11) is -2.05. The molecule has 1 fully saturated rings. The van der Waals surface area contributed by atoms with Crippen LogP contribution in [0.2, 0.25) is 18.1 Å². The summed E-state index contributed by atoms with van der Waals surface area (Å²) in [4.78, 5) is 30.3. The highest BCUT2D eigenvalue weighted by atomic mass is 28.4. The fraction of sp³-hybridized carbons (Fsp3) is 0.810. The molecule has 4 atom stereocenters. The second kappa shape index (κ2) is 8.73. The Morgan fingerprint density at radius 3 is 2.40 bits per heavy atom. The molecule has 0 radical (unpaired) electrons. The van der Waals surface area contributed by atoms with Crippen LogP contribution >= 0.6 is 0 Å². The van der Waals surface area contributed by atoms with Crippen molar-refractivity contribution in [1.82, 2.24) is 4.90 Å². The number of nitrogens with zero attached hydrogens (tertiary/aromatic N) is 4. The molecule has 2 rings (SSSR count). The van der Waals surface area contributed by atoms with E-state index in [4.69, 9.17) is 14.7 Å². The summed E-state index contributed by atoms with van der Waals surface area (Å²) in [6.07, 6.45) is -0.256. The lowest BCUT2D eigenvalue weighted by Gasteiger charge is -2.50. The van der Waals surface area contributed by atoms with Crippen LogP contribution in [-0.4, -0.2) is 50.4 Å². The van der Waals surface area contributed by atoms with Crippen molar-refractivity contribution in [2.24, 2.45) is 22.9 Å². The molecular formula is C21H36N4O4Si. The molecule has 9 heteroatoms. The summed E-state index contributed by atoms with van der Waals surface area (Å²) in [5, 5.41) is 3.70. The van der Waals surface area contributed by atoms with Gasteiger partial charge in [0.15, 0.2) is 8.32 Å². The molecule has 0 aromatic carbocycles. The van der Waals surface area contributed by atoms with Crippen molar-refractivity contribution >= 4 is 20.2 Å². The summed E-state index contributed by atoms with van der Waals surface area (Å²) in [6, 6.07) is -0.178. The molecule has 1 amide bonds. The maximum Gasteiger partial charge on any atom is 0.355 e. The number of β-lactam (4-membered cyclic amide) rings is 1. The van der Waals surface area contributed by atoms with Crippen LogP contribution in [-0.2, 0) is 18.8 Å². The normalized spacial score (nSPS) is 25.1. The zero-order valence-electron chi connectivity index (χ0n) is 19.7. The fourth-order valence-electron chi connectivity index (χ4n) is 3.96. The van der Waals surface area contributed by atoms with Crippen LogP contribution in [0.25, 0.3) is 10.4 Å². The first-order chi connectivity index (χ1) is 13.7. The van der Waals surface area contributed by atoms with E-state index in [0.29, 0.717) is 5.57 Å².